The third-order valence-electron chi connectivity index (χ3n) is 6.51. The highest BCUT2D eigenvalue weighted by molar-refractivity contribution is 6.74. The van der Waals surface area contributed by atoms with Gasteiger partial charge >= 0.3 is 0 Å². The van der Waals surface area contributed by atoms with Crippen LogP contribution in [-0.4, -0.2) is 45.4 Å². The molecule has 0 aromatic heterocycles. The number of aliphatic imine (C=N–C) groups is 1. The van der Waals surface area contributed by atoms with Crippen molar-refractivity contribution in [2.45, 2.75) is 70.6 Å². The molecule has 5 heteroatoms. The molecule has 0 aliphatic carbocycles. The minimum absolute atomic E-state index is 0.257. The van der Waals surface area contributed by atoms with Gasteiger partial charge in [-0.25, -0.2) is 4.99 Å². The Morgan fingerprint density at radius 3 is 2.68 bits per heavy atom. The van der Waals surface area contributed by atoms with Gasteiger partial charge in [0.2, 0.25) is 0 Å². The predicted octanol–water partition coefficient (Wildman–Crippen LogP) is 5.93. The Labute approximate surface area is 171 Å². The number of nitrogens with zero attached hydrogens (tertiary/aromatic N) is 2. The fourth-order valence-corrected chi connectivity index (χ4v) is 4.79. The van der Waals surface area contributed by atoms with Gasteiger partial charge in [-0.2, -0.15) is 0 Å². The Balaban J connectivity index is 1.77. The number of benzene rings is 1. The normalized spacial score (nSPS) is 21.6. The smallest absolute Gasteiger partial charge is 0.191 e. The van der Waals surface area contributed by atoms with Crippen LogP contribution in [-0.2, 0) is 4.43 Å². The van der Waals surface area contributed by atoms with E-state index in [4.69, 9.17) is 14.2 Å². The van der Waals surface area contributed by atoms with Gasteiger partial charge in [0, 0.05) is 19.2 Å². The first-order valence-corrected chi connectivity index (χ1v) is 13.4. The standard InChI is InChI=1S/C23H36N2O2Si/c1-23(2,3)28(5,6)27-15-13-18-16-19-10-9-14-25(19)22(17-18)24-20-11-7-8-12-21(20)26-4/h7-8,11-12,17,19H,9-10,13-16H2,1-6H3/t19-/m0/s1. The highest BCUT2D eigenvalue weighted by atomic mass is 28.4. The number of hydrogen-bond acceptors (Lipinski definition) is 3. The summed E-state index contributed by atoms with van der Waals surface area (Å²) in [5, 5.41) is 0.257. The fourth-order valence-electron chi connectivity index (χ4n) is 3.75. The Bertz CT molecular complexity index is 749. The van der Waals surface area contributed by atoms with Crippen LogP contribution >= 0.6 is 0 Å². The Morgan fingerprint density at radius 1 is 1.21 bits per heavy atom. The number of ether oxygens (including phenoxy) is 1. The van der Waals surface area contributed by atoms with Crippen LogP contribution in [0.5, 0.6) is 5.75 Å². The molecule has 154 valence electrons. The molecule has 0 N–H and O–H groups in total. The maximum atomic E-state index is 6.42. The van der Waals surface area contributed by atoms with Gasteiger partial charge in [-0.3, -0.25) is 0 Å². The van der Waals surface area contributed by atoms with Crippen molar-refractivity contribution in [2.24, 2.45) is 4.99 Å². The predicted molar refractivity (Wildman–Crippen MR) is 120 cm³/mol. The van der Waals surface area contributed by atoms with Gasteiger partial charge < -0.3 is 14.1 Å². The van der Waals surface area contributed by atoms with Crippen LogP contribution in [0.3, 0.4) is 0 Å². The van der Waals surface area contributed by atoms with Crippen molar-refractivity contribution in [1.29, 1.82) is 0 Å². The number of hydrogen-bond donors (Lipinski definition) is 0. The Hall–Kier alpha value is -1.59. The summed E-state index contributed by atoms with van der Waals surface area (Å²) < 4.78 is 11.9. The molecule has 0 unspecified atom stereocenters. The van der Waals surface area contributed by atoms with Gasteiger partial charge in [-0.1, -0.05) is 38.5 Å². The molecule has 2 aliphatic rings. The van der Waals surface area contributed by atoms with Crippen molar-refractivity contribution in [3.63, 3.8) is 0 Å². The first-order chi connectivity index (χ1) is 13.2. The van der Waals surface area contributed by atoms with Crippen molar-refractivity contribution in [3.8, 4) is 5.75 Å². The molecule has 1 fully saturated rings. The lowest BCUT2D eigenvalue weighted by Crippen LogP contribution is -2.41. The van der Waals surface area contributed by atoms with E-state index in [1.54, 1.807) is 7.11 Å². The molecule has 2 heterocycles. The van der Waals surface area contributed by atoms with Gasteiger partial charge in [0.15, 0.2) is 8.32 Å². The second-order valence-corrected chi connectivity index (χ2v) is 14.3. The Kier molecular flexibility index (Phi) is 6.35. The monoisotopic (exact) mass is 400 g/mol. The number of para-hydroxylation sites is 2. The second-order valence-electron chi connectivity index (χ2n) is 9.50. The number of rotatable bonds is 6. The molecule has 0 spiro atoms. The highest BCUT2D eigenvalue weighted by Gasteiger charge is 2.37. The van der Waals surface area contributed by atoms with E-state index in [-0.39, 0.29) is 5.04 Å². The molecule has 2 aliphatic heterocycles. The third kappa shape index (κ3) is 4.69. The summed E-state index contributed by atoms with van der Waals surface area (Å²) in [7, 11) is 0.0157. The van der Waals surface area contributed by atoms with E-state index in [2.05, 4.69) is 44.8 Å². The van der Waals surface area contributed by atoms with Crippen molar-refractivity contribution < 1.29 is 9.16 Å². The Morgan fingerprint density at radius 2 is 1.96 bits per heavy atom. The van der Waals surface area contributed by atoms with Crippen LogP contribution in [0.25, 0.3) is 0 Å². The van der Waals surface area contributed by atoms with E-state index in [1.807, 2.05) is 24.3 Å². The maximum Gasteiger partial charge on any atom is 0.191 e. The molecule has 4 nitrogen and oxygen atoms in total. The van der Waals surface area contributed by atoms with Crippen molar-refractivity contribution in [3.05, 3.63) is 35.9 Å². The zero-order valence-corrected chi connectivity index (χ0v) is 19.4. The summed E-state index contributed by atoms with van der Waals surface area (Å²) >= 11 is 0. The molecule has 1 aromatic carbocycles. The maximum absolute atomic E-state index is 6.42. The lowest BCUT2D eigenvalue weighted by Gasteiger charge is -2.37. The molecule has 1 aromatic rings. The van der Waals surface area contributed by atoms with E-state index in [9.17, 15) is 0 Å². The van der Waals surface area contributed by atoms with Gasteiger partial charge in [0.05, 0.1) is 7.11 Å². The number of amidine groups is 1. The van der Waals surface area contributed by atoms with Gasteiger partial charge in [-0.05, 0) is 62.0 Å². The minimum atomic E-state index is -1.69. The van der Waals surface area contributed by atoms with Crippen LogP contribution in [0.15, 0.2) is 40.9 Å². The number of fused-ring (bicyclic) bond motifs is 1. The summed E-state index contributed by atoms with van der Waals surface area (Å²) in [6, 6.07) is 8.59. The zero-order chi connectivity index (χ0) is 20.4. The first-order valence-electron chi connectivity index (χ1n) is 10.5. The largest absolute Gasteiger partial charge is 0.494 e. The summed E-state index contributed by atoms with van der Waals surface area (Å²) in [4.78, 5) is 7.46. The summed E-state index contributed by atoms with van der Waals surface area (Å²) in [6.45, 7) is 13.5. The molecule has 0 saturated carbocycles. The average molecular weight is 401 g/mol. The molecule has 0 bridgehead atoms. The second kappa shape index (κ2) is 8.42. The van der Waals surface area contributed by atoms with Gasteiger partial charge in [-0.15, -0.1) is 0 Å². The lowest BCUT2D eigenvalue weighted by molar-refractivity contribution is 0.285. The van der Waals surface area contributed by atoms with E-state index in [1.165, 1.54) is 18.4 Å². The molecular formula is C23H36N2O2Si. The minimum Gasteiger partial charge on any atom is -0.494 e. The van der Waals surface area contributed by atoms with E-state index in [0.29, 0.717) is 6.04 Å². The van der Waals surface area contributed by atoms with E-state index < -0.39 is 8.32 Å². The van der Waals surface area contributed by atoms with E-state index in [0.717, 1.165) is 43.3 Å². The van der Waals surface area contributed by atoms with Crippen molar-refractivity contribution >= 4 is 19.8 Å². The number of methoxy groups -OCH3 is 1. The van der Waals surface area contributed by atoms with Crippen LogP contribution in [0.2, 0.25) is 18.1 Å². The van der Waals surface area contributed by atoms with Crippen molar-refractivity contribution in [2.75, 3.05) is 20.3 Å². The van der Waals surface area contributed by atoms with Crippen molar-refractivity contribution in [1.82, 2.24) is 4.90 Å². The van der Waals surface area contributed by atoms with Crippen LogP contribution in [0, 0.1) is 0 Å². The van der Waals surface area contributed by atoms with E-state index >= 15 is 0 Å². The molecule has 0 amide bonds. The lowest BCUT2D eigenvalue weighted by atomic mass is 9.97. The summed E-state index contributed by atoms with van der Waals surface area (Å²) in [5.74, 6) is 1.91. The topological polar surface area (TPSA) is 34.1 Å². The summed E-state index contributed by atoms with van der Waals surface area (Å²) in [5.41, 5.74) is 2.37. The zero-order valence-electron chi connectivity index (χ0n) is 18.4. The van der Waals surface area contributed by atoms with Crippen LogP contribution < -0.4 is 4.74 Å². The SMILES string of the molecule is COc1ccccc1N=C1C=C(CCO[Si](C)(C)C(C)(C)C)C[C@@H]2CCCN12. The molecule has 3 rings (SSSR count). The molecule has 0 radical (unpaired) electrons. The van der Waals surface area contributed by atoms with Gasteiger partial charge in [0.25, 0.3) is 0 Å². The molecule has 1 saturated heterocycles. The molecule has 1 atom stereocenters. The van der Waals surface area contributed by atoms with Crippen LogP contribution in [0.4, 0.5) is 5.69 Å². The fraction of sp³-hybridized carbons (Fsp3) is 0.609. The molecule has 28 heavy (non-hydrogen) atoms. The third-order valence-corrected chi connectivity index (χ3v) is 11.1. The van der Waals surface area contributed by atoms with Gasteiger partial charge in [0.1, 0.15) is 17.3 Å². The van der Waals surface area contributed by atoms with Crippen LogP contribution in [0.1, 0.15) is 46.5 Å². The first kappa shape index (κ1) is 21.1. The highest BCUT2D eigenvalue weighted by Crippen LogP contribution is 2.37. The molecular weight excluding hydrogens is 364 g/mol. The average Bonchev–Trinajstić information content (AvgIpc) is 3.10. The summed E-state index contributed by atoms with van der Waals surface area (Å²) in [6.07, 6.45) is 6.94. The quantitative estimate of drug-likeness (QED) is 0.555.